The zero-order valence-corrected chi connectivity index (χ0v) is 16.1. The van der Waals surface area contributed by atoms with E-state index in [4.69, 9.17) is 4.74 Å². The van der Waals surface area contributed by atoms with Crippen molar-refractivity contribution in [2.24, 2.45) is 0 Å². The Morgan fingerprint density at radius 1 is 1.30 bits per heavy atom. The third-order valence-corrected chi connectivity index (χ3v) is 5.12. The Hall–Kier alpha value is -2.84. The standard InChI is InChI=1S/C19H20N4O3S/c1-4-12-9-13(5-6-14(12)18(24)25)22-19-20-8-7-15(23-19)17-11(2)21-16(27-17)10-26-3/h5-9H,4,10H2,1-3H3,(H,24,25)(H,20,22,23). The van der Waals surface area contributed by atoms with Crippen LogP contribution in [0, 0.1) is 6.92 Å². The van der Waals surface area contributed by atoms with Gasteiger partial charge in [-0.1, -0.05) is 6.92 Å². The molecule has 7 nitrogen and oxygen atoms in total. The Morgan fingerprint density at radius 2 is 2.11 bits per heavy atom. The summed E-state index contributed by atoms with van der Waals surface area (Å²) in [5.41, 5.74) is 3.49. The van der Waals surface area contributed by atoms with Gasteiger partial charge in [0.2, 0.25) is 5.95 Å². The van der Waals surface area contributed by atoms with Crippen LogP contribution in [0.2, 0.25) is 0 Å². The summed E-state index contributed by atoms with van der Waals surface area (Å²) >= 11 is 1.54. The average Bonchev–Trinajstić information content (AvgIpc) is 3.02. The Labute approximate surface area is 161 Å². The van der Waals surface area contributed by atoms with Crippen LogP contribution in [0.3, 0.4) is 0 Å². The van der Waals surface area contributed by atoms with Gasteiger partial charge < -0.3 is 15.2 Å². The maximum absolute atomic E-state index is 11.3. The van der Waals surface area contributed by atoms with E-state index in [1.807, 2.05) is 26.0 Å². The molecule has 0 bridgehead atoms. The Morgan fingerprint density at radius 3 is 2.81 bits per heavy atom. The number of rotatable bonds is 7. The number of aromatic nitrogens is 3. The zero-order chi connectivity index (χ0) is 19.4. The number of hydrogen-bond donors (Lipinski definition) is 2. The number of thiazole rings is 1. The van der Waals surface area contributed by atoms with E-state index in [0.717, 1.165) is 32.5 Å². The van der Waals surface area contributed by atoms with Crippen molar-refractivity contribution in [1.82, 2.24) is 15.0 Å². The van der Waals surface area contributed by atoms with E-state index < -0.39 is 5.97 Å². The topological polar surface area (TPSA) is 97.2 Å². The van der Waals surface area contributed by atoms with E-state index in [-0.39, 0.29) is 0 Å². The van der Waals surface area contributed by atoms with Gasteiger partial charge in [0, 0.05) is 19.0 Å². The van der Waals surface area contributed by atoms with E-state index in [9.17, 15) is 9.90 Å². The number of nitrogens with zero attached hydrogens (tertiary/aromatic N) is 3. The van der Waals surface area contributed by atoms with Crippen LogP contribution >= 0.6 is 11.3 Å². The van der Waals surface area contributed by atoms with Crippen LogP contribution in [-0.2, 0) is 17.8 Å². The largest absolute Gasteiger partial charge is 0.478 e. The number of aromatic carboxylic acids is 1. The van der Waals surface area contributed by atoms with Gasteiger partial charge in [0.1, 0.15) is 5.01 Å². The molecule has 2 aromatic heterocycles. The number of nitrogens with one attached hydrogen (secondary N) is 1. The van der Waals surface area contributed by atoms with Gasteiger partial charge in [0.05, 0.1) is 28.4 Å². The van der Waals surface area contributed by atoms with E-state index in [1.54, 1.807) is 36.8 Å². The molecule has 0 saturated carbocycles. The average molecular weight is 384 g/mol. The molecule has 2 N–H and O–H groups in total. The van der Waals surface area contributed by atoms with Gasteiger partial charge in [0.25, 0.3) is 0 Å². The number of carboxylic acid groups (broad SMARTS) is 1. The van der Waals surface area contributed by atoms with Crippen LogP contribution in [0.4, 0.5) is 11.6 Å². The number of aryl methyl sites for hydroxylation is 2. The van der Waals surface area contributed by atoms with Gasteiger partial charge in [-0.25, -0.2) is 19.7 Å². The molecule has 8 heteroatoms. The number of methoxy groups -OCH3 is 1. The number of anilines is 2. The van der Waals surface area contributed by atoms with Crippen molar-refractivity contribution in [3.8, 4) is 10.6 Å². The molecule has 0 aliphatic carbocycles. The van der Waals surface area contributed by atoms with Crippen LogP contribution in [0.1, 0.15) is 33.5 Å². The fraction of sp³-hybridized carbons (Fsp3) is 0.263. The summed E-state index contributed by atoms with van der Waals surface area (Å²) in [7, 11) is 1.64. The summed E-state index contributed by atoms with van der Waals surface area (Å²) < 4.78 is 5.14. The summed E-state index contributed by atoms with van der Waals surface area (Å²) in [6, 6.07) is 6.96. The zero-order valence-electron chi connectivity index (χ0n) is 15.3. The first-order valence-electron chi connectivity index (χ1n) is 8.43. The van der Waals surface area contributed by atoms with Crippen molar-refractivity contribution in [2.75, 3.05) is 12.4 Å². The summed E-state index contributed by atoms with van der Waals surface area (Å²) in [5.74, 6) is -0.483. The van der Waals surface area contributed by atoms with E-state index in [0.29, 0.717) is 24.5 Å². The van der Waals surface area contributed by atoms with E-state index in [2.05, 4.69) is 20.3 Å². The van der Waals surface area contributed by atoms with Gasteiger partial charge in [-0.15, -0.1) is 11.3 Å². The second-order valence-corrected chi connectivity index (χ2v) is 6.96. The summed E-state index contributed by atoms with van der Waals surface area (Å²) in [6.45, 7) is 4.34. The van der Waals surface area contributed by atoms with Crippen LogP contribution in [0.15, 0.2) is 30.5 Å². The number of carboxylic acids is 1. The molecule has 3 rings (SSSR count). The Bertz CT molecular complexity index is 971. The van der Waals surface area contributed by atoms with Crippen molar-refractivity contribution in [2.45, 2.75) is 26.9 Å². The lowest BCUT2D eigenvalue weighted by molar-refractivity contribution is 0.0696. The third kappa shape index (κ3) is 4.29. The first-order valence-corrected chi connectivity index (χ1v) is 9.25. The predicted molar refractivity (Wildman–Crippen MR) is 105 cm³/mol. The molecule has 27 heavy (non-hydrogen) atoms. The fourth-order valence-electron chi connectivity index (χ4n) is 2.72. The van der Waals surface area contributed by atoms with Crippen molar-refractivity contribution >= 4 is 28.9 Å². The van der Waals surface area contributed by atoms with Gasteiger partial charge in [-0.2, -0.15) is 0 Å². The molecular formula is C19H20N4O3S. The molecule has 0 atom stereocenters. The molecule has 0 aliphatic rings. The molecule has 0 fully saturated rings. The minimum absolute atomic E-state index is 0.309. The second kappa shape index (κ2) is 8.24. The van der Waals surface area contributed by atoms with Gasteiger partial charge in [0.15, 0.2) is 0 Å². The highest BCUT2D eigenvalue weighted by molar-refractivity contribution is 7.15. The Kier molecular flexibility index (Phi) is 5.78. The molecule has 140 valence electrons. The smallest absolute Gasteiger partial charge is 0.335 e. The lowest BCUT2D eigenvalue weighted by atomic mass is 10.0. The molecule has 1 aromatic carbocycles. The highest BCUT2D eigenvalue weighted by Gasteiger charge is 2.13. The molecule has 2 heterocycles. The third-order valence-electron chi connectivity index (χ3n) is 3.97. The van der Waals surface area contributed by atoms with E-state index in [1.165, 1.54) is 0 Å². The molecule has 0 amide bonds. The van der Waals surface area contributed by atoms with Gasteiger partial charge in [-0.05, 0) is 43.2 Å². The summed E-state index contributed by atoms with van der Waals surface area (Å²) in [5, 5.41) is 13.3. The minimum atomic E-state index is -0.927. The predicted octanol–water partition coefficient (Wildman–Crippen LogP) is 4.06. The van der Waals surface area contributed by atoms with Crippen molar-refractivity contribution < 1.29 is 14.6 Å². The minimum Gasteiger partial charge on any atom is -0.478 e. The first kappa shape index (κ1) is 18.9. The van der Waals surface area contributed by atoms with Crippen LogP contribution in [0.5, 0.6) is 0 Å². The maximum Gasteiger partial charge on any atom is 0.335 e. The molecule has 0 saturated heterocycles. The summed E-state index contributed by atoms with van der Waals surface area (Å²) in [4.78, 5) is 25.6. The normalized spacial score (nSPS) is 10.8. The lowest BCUT2D eigenvalue weighted by Gasteiger charge is -2.09. The molecular weight excluding hydrogens is 364 g/mol. The maximum atomic E-state index is 11.3. The van der Waals surface area contributed by atoms with Crippen molar-refractivity contribution in [3.05, 3.63) is 52.3 Å². The SMILES string of the molecule is CCc1cc(Nc2nccc(-c3sc(COC)nc3C)n2)ccc1C(=O)O. The monoisotopic (exact) mass is 384 g/mol. The lowest BCUT2D eigenvalue weighted by Crippen LogP contribution is -2.04. The number of benzene rings is 1. The van der Waals surface area contributed by atoms with Crippen LogP contribution in [0.25, 0.3) is 10.6 Å². The quantitative estimate of drug-likeness (QED) is 0.634. The second-order valence-electron chi connectivity index (χ2n) is 5.88. The van der Waals surface area contributed by atoms with Gasteiger partial charge >= 0.3 is 5.97 Å². The highest BCUT2D eigenvalue weighted by atomic mass is 32.1. The van der Waals surface area contributed by atoms with Crippen molar-refractivity contribution in [3.63, 3.8) is 0 Å². The highest BCUT2D eigenvalue weighted by Crippen LogP contribution is 2.29. The van der Waals surface area contributed by atoms with Gasteiger partial charge in [-0.3, -0.25) is 0 Å². The number of carbonyl (C=O) groups is 1. The van der Waals surface area contributed by atoms with Crippen LogP contribution in [-0.4, -0.2) is 33.1 Å². The Balaban J connectivity index is 1.87. The number of ether oxygens (including phenoxy) is 1. The first-order chi connectivity index (χ1) is 13.0. The fourth-order valence-corrected chi connectivity index (χ4v) is 3.73. The van der Waals surface area contributed by atoms with E-state index >= 15 is 0 Å². The molecule has 0 aliphatic heterocycles. The molecule has 0 spiro atoms. The number of hydrogen-bond acceptors (Lipinski definition) is 7. The van der Waals surface area contributed by atoms with Crippen LogP contribution < -0.4 is 5.32 Å². The molecule has 3 aromatic rings. The molecule has 0 unspecified atom stereocenters. The summed E-state index contributed by atoms with van der Waals surface area (Å²) in [6.07, 6.45) is 2.31. The molecule has 0 radical (unpaired) electrons. The van der Waals surface area contributed by atoms with Crippen molar-refractivity contribution in [1.29, 1.82) is 0 Å².